The molecule has 0 bridgehead atoms. The fourth-order valence-electron chi connectivity index (χ4n) is 3.95. The third-order valence-corrected chi connectivity index (χ3v) is 6.89. The van der Waals surface area contributed by atoms with Crippen LogP contribution in [0.25, 0.3) is 0 Å². The van der Waals surface area contributed by atoms with E-state index in [1.807, 2.05) is 56.0 Å². The zero-order chi connectivity index (χ0) is 24.0. The Kier molecular flexibility index (Phi) is 8.40. The second-order valence-corrected chi connectivity index (χ2v) is 10.9. The molecule has 0 unspecified atom stereocenters. The van der Waals surface area contributed by atoms with Crippen LogP contribution in [-0.2, 0) is 11.2 Å². The Labute approximate surface area is 201 Å². The van der Waals surface area contributed by atoms with Crippen molar-refractivity contribution in [1.29, 1.82) is 0 Å². The van der Waals surface area contributed by atoms with Gasteiger partial charge in [0.25, 0.3) is 0 Å². The van der Waals surface area contributed by atoms with Crippen molar-refractivity contribution in [3.63, 3.8) is 0 Å². The molecule has 0 aliphatic carbocycles. The molecule has 33 heavy (non-hydrogen) atoms. The van der Waals surface area contributed by atoms with E-state index in [1.165, 1.54) is 4.88 Å². The Hall–Kier alpha value is -2.54. The predicted octanol–water partition coefficient (Wildman–Crippen LogP) is 5.11. The molecule has 7 heteroatoms. The summed E-state index contributed by atoms with van der Waals surface area (Å²) in [7, 11) is 0. The molecule has 3 rings (SSSR count). The lowest BCUT2D eigenvalue weighted by atomic mass is 10.00. The summed E-state index contributed by atoms with van der Waals surface area (Å²) in [5, 5.41) is 5.10. The van der Waals surface area contributed by atoms with Crippen LogP contribution in [0.1, 0.15) is 57.5 Å². The number of hydrogen-bond donors (Lipinski definition) is 1. The van der Waals surface area contributed by atoms with Gasteiger partial charge in [-0.25, -0.2) is 4.79 Å². The number of thiophene rings is 1. The first kappa shape index (κ1) is 25.1. The van der Waals surface area contributed by atoms with Crippen molar-refractivity contribution in [2.24, 2.45) is 5.92 Å². The van der Waals surface area contributed by atoms with Crippen molar-refractivity contribution in [2.45, 2.75) is 59.0 Å². The van der Waals surface area contributed by atoms with Crippen molar-refractivity contribution in [1.82, 2.24) is 15.1 Å². The first-order valence-electron chi connectivity index (χ1n) is 11.8. The maximum atomic E-state index is 13.6. The molecule has 0 fully saturated rings. The van der Waals surface area contributed by atoms with E-state index in [0.717, 1.165) is 24.2 Å². The van der Waals surface area contributed by atoms with E-state index in [1.54, 1.807) is 16.2 Å². The van der Waals surface area contributed by atoms with E-state index in [-0.39, 0.29) is 30.1 Å². The number of carbonyl (C=O) groups is 2. The molecule has 1 aliphatic heterocycles. The van der Waals surface area contributed by atoms with E-state index in [9.17, 15) is 9.59 Å². The number of ether oxygens (including phenoxy) is 1. The number of nitrogens with zero attached hydrogens (tertiary/aromatic N) is 2. The van der Waals surface area contributed by atoms with Gasteiger partial charge in [-0.3, -0.25) is 4.79 Å². The minimum Gasteiger partial charge on any atom is -0.491 e. The van der Waals surface area contributed by atoms with E-state index in [0.29, 0.717) is 25.6 Å². The Morgan fingerprint density at radius 3 is 2.64 bits per heavy atom. The highest BCUT2D eigenvalue weighted by molar-refractivity contribution is 7.10. The predicted molar refractivity (Wildman–Crippen MR) is 134 cm³/mol. The van der Waals surface area contributed by atoms with Gasteiger partial charge in [-0.1, -0.05) is 38.5 Å². The molecule has 2 heterocycles. The molecule has 6 nitrogen and oxygen atoms in total. The molecule has 1 aromatic heterocycles. The second kappa shape index (κ2) is 11.1. The van der Waals surface area contributed by atoms with Crippen LogP contribution >= 0.6 is 11.3 Å². The minimum atomic E-state index is -0.364. The smallest absolute Gasteiger partial charge is 0.318 e. The maximum Gasteiger partial charge on any atom is 0.318 e. The number of rotatable bonds is 8. The lowest BCUT2D eigenvalue weighted by Gasteiger charge is -2.37. The van der Waals surface area contributed by atoms with E-state index in [2.05, 4.69) is 30.6 Å². The van der Waals surface area contributed by atoms with Crippen molar-refractivity contribution in [2.75, 3.05) is 26.2 Å². The Morgan fingerprint density at radius 2 is 1.97 bits per heavy atom. The number of urea groups is 1. The van der Waals surface area contributed by atoms with Crippen LogP contribution in [-0.4, -0.2) is 53.5 Å². The van der Waals surface area contributed by atoms with Gasteiger partial charge in [0.2, 0.25) is 5.91 Å². The fourth-order valence-corrected chi connectivity index (χ4v) is 4.87. The quantitative estimate of drug-likeness (QED) is 0.582. The van der Waals surface area contributed by atoms with Crippen molar-refractivity contribution in [3.8, 4) is 5.75 Å². The summed E-state index contributed by atoms with van der Waals surface area (Å²) >= 11 is 1.73. The zero-order valence-corrected chi connectivity index (χ0v) is 21.3. The number of fused-ring (bicyclic) bond motifs is 1. The first-order chi connectivity index (χ1) is 15.7. The van der Waals surface area contributed by atoms with Gasteiger partial charge in [0.1, 0.15) is 18.9 Å². The largest absolute Gasteiger partial charge is 0.491 e. The van der Waals surface area contributed by atoms with Crippen LogP contribution in [0.5, 0.6) is 5.75 Å². The summed E-state index contributed by atoms with van der Waals surface area (Å²) in [6.45, 7) is 11.7. The van der Waals surface area contributed by atoms with Crippen molar-refractivity contribution in [3.05, 3.63) is 52.2 Å². The monoisotopic (exact) mass is 471 g/mol. The maximum absolute atomic E-state index is 13.6. The summed E-state index contributed by atoms with van der Waals surface area (Å²) in [4.78, 5) is 31.4. The highest BCUT2D eigenvalue weighted by Crippen LogP contribution is 2.34. The third kappa shape index (κ3) is 6.97. The Bertz CT molecular complexity index is 922. The molecule has 0 radical (unpaired) electrons. The van der Waals surface area contributed by atoms with E-state index in [4.69, 9.17) is 4.74 Å². The third-order valence-electron chi connectivity index (χ3n) is 5.89. The lowest BCUT2D eigenvalue weighted by molar-refractivity contribution is -0.135. The average Bonchev–Trinajstić information content (AvgIpc) is 3.25. The number of nitrogens with one attached hydrogen (secondary N) is 1. The molecule has 0 saturated carbocycles. The first-order valence-corrected chi connectivity index (χ1v) is 12.7. The van der Waals surface area contributed by atoms with Crippen LogP contribution in [0.3, 0.4) is 0 Å². The SMILES string of the molecule is CC[C@@H](C)CN(CC(=O)N1CCc2sccc2[C@@H]1COc1ccccc1)C(=O)NC(C)(C)C. The number of para-hydroxylation sites is 1. The molecular formula is C26H37N3O3S. The molecule has 1 aliphatic rings. The second-order valence-electron chi connectivity index (χ2n) is 9.85. The molecule has 180 valence electrons. The van der Waals surface area contributed by atoms with Gasteiger partial charge in [0, 0.05) is 23.5 Å². The molecule has 0 spiro atoms. The summed E-state index contributed by atoms with van der Waals surface area (Å²) in [5.74, 6) is 1.06. The summed E-state index contributed by atoms with van der Waals surface area (Å²) in [6, 6.07) is 11.4. The number of carbonyl (C=O) groups excluding carboxylic acids is 2. The van der Waals surface area contributed by atoms with Gasteiger partial charge in [0.15, 0.2) is 0 Å². The average molecular weight is 472 g/mol. The molecule has 2 aromatic rings. The summed E-state index contributed by atoms with van der Waals surface area (Å²) in [6.07, 6.45) is 1.78. The number of benzene rings is 1. The molecule has 2 atom stereocenters. The zero-order valence-electron chi connectivity index (χ0n) is 20.5. The normalized spacial score (nSPS) is 16.6. The van der Waals surface area contributed by atoms with E-state index < -0.39 is 0 Å². The fraction of sp³-hybridized carbons (Fsp3) is 0.538. The topological polar surface area (TPSA) is 61.9 Å². The van der Waals surface area contributed by atoms with Crippen LogP contribution in [0.4, 0.5) is 4.79 Å². The van der Waals surface area contributed by atoms with Gasteiger partial charge < -0.3 is 19.9 Å². The van der Waals surface area contributed by atoms with Crippen molar-refractivity contribution >= 4 is 23.3 Å². The molecular weight excluding hydrogens is 434 g/mol. The molecule has 3 amide bonds. The highest BCUT2D eigenvalue weighted by atomic mass is 32.1. The minimum absolute atomic E-state index is 0.0409. The highest BCUT2D eigenvalue weighted by Gasteiger charge is 2.34. The standard InChI is InChI=1S/C26H37N3O3S/c1-6-19(2)16-28(25(31)27-26(3,4)5)17-24(30)29-14-12-23-21(13-15-33-23)22(29)18-32-20-10-8-7-9-11-20/h7-11,13,15,19,22H,6,12,14,16-18H2,1-5H3,(H,27,31)/t19-,22+/m1/s1. The van der Waals surface area contributed by atoms with Crippen LogP contribution < -0.4 is 10.1 Å². The number of hydrogen-bond acceptors (Lipinski definition) is 4. The Balaban J connectivity index is 1.77. The van der Waals surface area contributed by atoms with E-state index >= 15 is 0 Å². The van der Waals surface area contributed by atoms with Gasteiger partial charge in [-0.05, 0) is 62.3 Å². The molecule has 0 saturated heterocycles. The van der Waals surface area contributed by atoms with Crippen LogP contribution in [0.2, 0.25) is 0 Å². The van der Waals surface area contributed by atoms with Gasteiger partial charge in [0.05, 0.1) is 6.04 Å². The lowest BCUT2D eigenvalue weighted by Crippen LogP contribution is -2.53. The van der Waals surface area contributed by atoms with Gasteiger partial charge in [-0.2, -0.15) is 0 Å². The summed E-state index contributed by atoms with van der Waals surface area (Å²) in [5.41, 5.74) is 0.791. The number of amides is 3. The Morgan fingerprint density at radius 1 is 1.24 bits per heavy atom. The van der Waals surface area contributed by atoms with Gasteiger partial charge in [-0.15, -0.1) is 11.3 Å². The summed E-state index contributed by atoms with van der Waals surface area (Å²) < 4.78 is 6.07. The van der Waals surface area contributed by atoms with Gasteiger partial charge >= 0.3 is 6.03 Å². The molecule has 1 aromatic carbocycles. The molecule has 1 N–H and O–H groups in total. The van der Waals surface area contributed by atoms with Crippen molar-refractivity contribution < 1.29 is 14.3 Å². The van der Waals surface area contributed by atoms with Crippen LogP contribution in [0.15, 0.2) is 41.8 Å². The van der Waals surface area contributed by atoms with Crippen LogP contribution in [0, 0.1) is 5.92 Å².